The van der Waals surface area contributed by atoms with Gasteiger partial charge in [0, 0.05) is 16.4 Å². The van der Waals surface area contributed by atoms with Crippen LogP contribution in [-0.2, 0) is 22.4 Å². The molecule has 212 valence electrons. The van der Waals surface area contributed by atoms with Crippen LogP contribution in [0.3, 0.4) is 0 Å². The number of benzene rings is 1. The Bertz CT molecular complexity index is 1350. The second-order valence-electron chi connectivity index (χ2n) is 14.4. The van der Waals surface area contributed by atoms with Crippen molar-refractivity contribution in [2.45, 2.75) is 112 Å². The molecule has 6 heteroatoms. The van der Waals surface area contributed by atoms with Crippen LogP contribution >= 0.6 is 0 Å². The molecule has 6 nitrogen and oxygen atoms in total. The molecule has 1 aromatic rings. The second kappa shape index (κ2) is 9.15. The first-order valence-electron chi connectivity index (χ1n) is 14.1. The normalized spacial score (nSPS) is 29.0. The van der Waals surface area contributed by atoms with Crippen molar-refractivity contribution in [1.82, 2.24) is 0 Å². The minimum absolute atomic E-state index is 0.0253. The lowest BCUT2D eigenvalue weighted by Crippen LogP contribution is -2.63. The number of fused-ring (bicyclic) bond motifs is 3. The highest BCUT2D eigenvalue weighted by molar-refractivity contribution is 6.25. The maximum atomic E-state index is 14.3. The Hall–Kier alpha value is -2.73. The average molecular weight is 537 g/mol. The maximum absolute atomic E-state index is 14.3. The van der Waals surface area contributed by atoms with Crippen molar-refractivity contribution in [2.24, 2.45) is 16.2 Å². The molecule has 3 aliphatic carbocycles. The van der Waals surface area contributed by atoms with Gasteiger partial charge in [-0.3, -0.25) is 14.4 Å². The van der Waals surface area contributed by atoms with E-state index in [4.69, 9.17) is 0 Å². The van der Waals surface area contributed by atoms with Crippen LogP contribution in [0.15, 0.2) is 28.5 Å². The molecule has 0 radical (unpaired) electrons. The topological polar surface area (TPSA) is 112 Å². The molecule has 3 N–H and O–H groups in total. The lowest BCUT2D eigenvalue weighted by atomic mass is 9.47. The van der Waals surface area contributed by atoms with Crippen LogP contribution in [0.25, 0.3) is 0 Å². The van der Waals surface area contributed by atoms with Crippen molar-refractivity contribution in [2.75, 3.05) is 0 Å². The van der Waals surface area contributed by atoms with Crippen LogP contribution < -0.4 is 0 Å². The maximum Gasteiger partial charge on any atom is 0.206 e. The van der Waals surface area contributed by atoms with E-state index in [2.05, 4.69) is 34.6 Å². The average Bonchev–Trinajstić information content (AvgIpc) is 2.76. The summed E-state index contributed by atoms with van der Waals surface area (Å²) in [5.41, 5.74) is -1.14. The Morgan fingerprint density at radius 3 is 2.26 bits per heavy atom. The van der Waals surface area contributed by atoms with Crippen molar-refractivity contribution < 1.29 is 29.7 Å². The van der Waals surface area contributed by atoms with Crippen LogP contribution in [0.5, 0.6) is 5.75 Å². The summed E-state index contributed by atoms with van der Waals surface area (Å²) in [5, 5.41) is 35.1. The molecular formula is C33H44O6. The first kappa shape index (κ1) is 29.3. The van der Waals surface area contributed by atoms with Crippen LogP contribution in [-0.4, -0.2) is 38.3 Å². The number of hydrogen-bond donors (Lipinski definition) is 3. The summed E-state index contributed by atoms with van der Waals surface area (Å²) in [7, 11) is 0. The third-order valence-electron chi connectivity index (χ3n) is 9.36. The molecule has 0 aliphatic heterocycles. The number of carbonyl (C=O) groups excluding carboxylic acids is 3. The molecule has 0 saturated carbocycles. The molecule has 0 bridgehead atoms. The lowest BCUT2D eigenvalue weighted by Gasteiger charge is -2.56. The largest absolute Gasteiger partial charge is 0.508 e. The number of hydrogen-bond acceptors (Lipinski definition) is 6. The molecule has 0 aromatic heterocycles. The van der Waals surface area contributed by atoms with Gasteiger partial charge in [-0.15, -0.1) is 0 Å². The summed E-state index contributed by atoms with van der Waals surface area (Å²) in [6.45, 7) is 17.3. The lowest BCUT2D eigenvalue weighted by molar-refractivity contribution is -0.157. The van der Waals surface area contributed by atoms with Gasteiger partial charge in [0.05, 0.1) is 11.1 Å². The summed E-state index contributed by atoms with van der Waals surface area (Å²) >= 11 is 0. The summed E-state index contributed by atoms with van der Waals surface area (Å²) in [6, 6.07) is 2.03. The predicted molar refractivity (Wildman–Crippen MR) is 151 cm³/mol. The number of aromatic hydroxyl groups is 1. The highest BCUT2D eigenvalue weighted by Gasteiger charge is 2.67. The van der Waals surface area contributed by atoms with E-state index in [-0.39, 0.29) is 46.6 Å². The number of ketones is 3. The number of phenolic OH excluding ortho intramolecular Hbond substituents is 1. The molecule has 1 aromatic carbocycles. The Kier molecular flexibility index (Phi) is 6.87. The standard InChI is InChI=1S/C33H44O6/c1-17(2)21-13-20(11-10-12-30(5,6)7)26(35)24-22(21)15-31(8)16-32(9)14-18(3)23(19(4)34)28(37)33(32,39)29(38)25(31)27(24)36/h13,17,35,38-39H,10-12,14-16H2,1-9H3/t31-,32+,33+/m1/s1. The van der Waals surface area contributed by atoms with Crippen LogP contribution in [0.1, 0.15) is 121 Å². The monoisotopic (exact) mass is 536 g/mol. The highest BCUT2D eigenvalue weighted by Crippen LogP contribution is 2.62. The Morgan fingerprint density at radius 2 is 1.72 bits per heavy atom. The summed E-state index contributed by atoms with van der Waals surface area (Å²) in [4.78, 5) is 40.3. The van der Waals surface area contributed by atoms with E-state index in [1.807, 2.05) is 13.0 Å². The fraction of sp³-hybridized carbons (Fsp3) is 0.606. The molecule has 0 amide bonds. The predicted octanol–water partition coefficient (Wildman–Crippen LogP) is 6.46. The fourth-order valence-corrected chi connectivity index (χ4v) is 7.70. The number of phenols is 1. The van der Waals surface area contributed by atoms with E-state index in [1.165, 1.54) is 6.92 Å². The number of Topliss-reactive ketones (excluding diaryl/α,β-unsaturated/α-hetero) is 3. The van der Waals surface area contributed by atoms with Crippen molar-refractivity contribution in [1.29, 1.82) is 0 Å². The number of rotatable bonds is 5. The third-order valence-corrected chi connectivity index (χ3v) is 9.36. The molecule has 3 atom stereocenters. The Morgan fingerprint density at radius 1 is 1.10 bits per heavy atom. The highest BCUT2D eigenvalue weighted by atomic mass is 16.3. The molecule has 3 aliphatic rings. The van der Waals surface area contributed by atoms with Crippen LogP contribution in [0.2, 0.25) is 0 Å². The van der Waals surface area contributed by atoms with Crippen LogP contribution in [0, 0.1) is 16.2 Å². The zero-order valence-corrected chi connectivity index (χ0v) is 25.0. The van der Waals surface area contributed by atoms with Crippen molar-refractivity contribution in [3.8, 4) is 5.75 Å². The van der Waals surface area contributed by atoms with Crippen molar-refractivity contribution in [3.05, 3.63) is 50.8 Å². The molecule has 0 heterocycles. The van der Waals surface area contributed by atoms with E-state index in [1.54, 1.807) is 13.8 Å². The molecular weight excluding hydrogens is 492 g/mol. The molecule has 0 saturated heterocycles. The number of aliphatic hydroxyl groups is 2. The molecule has 0 fully saturated rings. The number of aryl methyl sites for hydroxylation is 1. The van der Waals surface area contributed by atoms with Gasteiger partial charge in [-0.25, -0.2) is 0 Å². The number of allylic oxidation sites excluding steroid dienone is 2. The molecule has 4 rings (SSSR count). The van der Waals surface area contributed by atoms with Gasteiger partial charge >= 0.3 is 0 Å². The minimum Gasteiger partial charge on any atom is -0.508 e. The van der Waals surface area contributed by atoms with E-state index in [0.29, 0.717) is 24.0 Å². The Balaban J connectivity index is 1.93. The summed E-state index contributed by atoms with van der Waals surface area (Å²) in [5.74, 6) is -2.52. The summed E-state index contributed by atoms with van der Waals surface area (Å²) < 4.78 is 0. The van der Waals surface area contributed by atoms with Gasteiger partial charge < -0.3 is 15.3 Å². The number of carbonyl (C=O) groups is 3. The van der Waals surface area contributed by atoms with E-state index < -0.39 is 39.5 Å². The summed E-state index contributed by atoms with van der Waals surface area (Å²) in [6.07, 6.45) is 3.31. The smallest absolute Gasteiger partial charge is 0.206 e. The van der Waals surface area contributed by atoms with Crippen molar-refractivity contribution >= 4 is 17.3 Å². The van der Waals surface area contributed by atoms with E-state index in [9.17, 15) is 29.7 Å². The van der Waals surface area contributed by atoms with Gasteiger partial charge in [-0.2, -0.15) is 0 Å². The SMILES string of the molecule is CC(=O)C1=C(C)C[C@@]2(C)C[C@@]3(C)Cc4c(C(C)C)cc(CCCC(C)(C)C)c(O)c4C(=O)C3=C(O)[C@@]2(O)C1=O. The second-order valence-corrected chi connectivity index (χ2v) is 14.4. The minimum atomic E-state index is -2.39. The van der Waals surface area contributed by atoms with E-state index >= 15 is 0 Å². The zero-order chi connectivity index (χ0) is 29.5. The third kappa shape index (κ3) is 4.30. The first-order valence-corrected chi connectivity index (χ1v) is 14.1. The molecule has 0 unspecified atom stereocenters. The number of aliphatic hydroxyl groups excluding tert-OH is 1. The first-order chi connectivity index (χ1) is 17.8. The van der Waals surface area contributed by atoms with Gasteiger partial charge in [-0.1, -0.05) is 60.1 Å². The van der Waals surface area contributed by atoms with Crippen LogP contribution in [0.4, 0.5) is 0 Å². The molecule has 0 spiro atoms. The van der Waals surface area contributed by atoms with Gasteiger partial charge in [-0.05, 0) is 80.4 Å². The zero-order valence-electron chi connectivity index (χ0n) is 25.0. The molecule has 39 heavy (non-hydrogen) atoms. The quantitative estimate of drug-likeness (QED) is 0.372. The van der Waals surface area contributed by atoms with Gasteiger partial charge in [0.15, 0.2) is 17.2 Å². The van der Waals surface area contributed by atoms with Gasteiger partial charge in [0.25, 0.3) is 0 Å². The Labute approximate surface area is 232 Å². The fourth-order valence-electron chi connectivity index (χ4n) is 7.70. The van der Waals surface area contributed by atoms with Crippen molar-refractivity contribution in [3.63, 3.8) is 0 Å². The van der Waals surface area contributed by atoms with E-state index in [0.717, 1.165) is 24.0 Å². The van der Waals surface area contributed by atoms with Gasteiger partial charge in [0.2, 0.25) is 5.78 Å². The van der Waals surface area contributed by atoms with Gasteiger partial charge in [0.1, 0.15) is 11.5 Å².